The molecule has 0 aliphatic carbocycles. The van der Waals surface area contributed by atoms with Crippen molar-refractivity contribution in [3.8, 4) is 17.0 Å². The highest BCUT2D eigenvalue weighted by Crippen LogP contribution is 2.49. The van der Waals surface area contributed by atoms with Gasteiger partial charge >= 0.3 is 0 Å². The molecule has 1 atom stereocenters. The second-order valence-electron chi connectivity index (χ2n) is 6.87. The zero-order valence-electron chi connectivity index (χ0n) is 16.3. The number of aromatic nitrogens is 2. The lowest BCUT2D eigenvalue weighted by atomic mass is 9.83. The lowest BCUT2D eigenvalue weighted by molar-refractivity contribution is 0.416. The summed E-state index contributed by atoms with van der Waals surface area (Å²) in [5.74, 6) is 1.16. The molecule has 6 heteroatoms. The van der Waals surface area contributed by atoms with Crippen molar-refractivity contribution >= 4 is 17.4 Å². The number of para-hydroxylation sites is 1. The summed E-state index contributed by atoms with van der Waals surface area (Å²) < 4.78 is 5.57. The molecule has 2 aromatic carbocycles. The van der Waals surface area contributed by atoms with Crippen molar-refractivity contribution in [2.24, 2.45) is 0 Å². The minimum Gasteiger partial charge on any atom is -0.496 e. The molecule has 146 valence electrons. The van der Waals surface area contributed by atoms with E-state index in [0.29, 0.717) is 10.7 Å². The summed E-state index contributed by atoms with van der Waals surface area (Å²) in [5.41, 5.74) is 5.09. The molecule has 1 aromatic heterocycles. The van der Waals surface area contributed by atoms with Gasteiger partial charge in [0.2, 0.25) is 0 Å². The molecule has 1 aliphatic rings. The van der Waals surface area contributed by atoms with Gasteiger partial charge in [0.15, 0.2) is 11.5 Å². The number of ether oxygens (including phenoxy) is 1. The molecule has 1 aliphatic heterocycles. The summed E-state index contributed by atoms with van der Waals surface area (Å²) >= 11 is 6.59. The maximum Gasteiger partial charge on any atom is 0.196 e. The highest BCUT2D eigenvalue weighted by atomic mass is 35.5. The average molecular weight is 405 g/mol. The number of methoxy groups -OCH3 is 1. The van der Waals surface area contributed by atoms with E-state index >= 15 is 0 Å². The van der Waals surface area contributed by atoms with Crippen LogP contribution in [0.5, 0.6) is 5.75 Å². The molecule has 0 saturated heterocycles. The van der Waals surface area contributed by atoms with Gasteiger partial charge in [-0.1, -0.05) is 55.3 Å². The number of H-pyrrole nitrogens is 1. The van der Waals surface area contributed by atoms with E-state index in [9.17, 15) is 0 Å². The van der Waals surface area contributed by atoms with Crippen LogP contribution in [0.4, 0.5) is 5.82 Å². The normalized spacial score (nSPS) is 15.4. The second kappa shape index (κ2) is 8.02. The molecule has 1 unspecified atom stereocenters. The Morgan fingerprint density at radius 2 is 1.93 bits per heavy atom. The SMILES string of the molecule is [C-]#[N+]C1=C(CCC)Nc2n[nH]c(-c3ccccc3OC)c2C1c1ccccc1Cl. The van der Waals surface area contributed by atoms with E-state index in [4.69, 9.17) is 22.9 Å². The highest BCUT2D eigenvalue weighted by molar-refractivity contribution is 6.31. The van der Waals surface area contributed by atoms with Crippen LogP contribution in [0.25, 0.3) is 16.1 Å². The van der Waals surface area contributed by atoms with Crippen LogP contribution in [0.1, 0.15) is 36.8 Å². The van der Waals surface area contributed by atoms with E-state index in [1.54, 1.807) is 7.11 Å². The molecule has 0 amide bonds. The third-order valence-corrected chi connectivity index (χ3v) is 5.50. The standard InChI is InChI=1S/C23H21ClN4O/c1-4-9-17-22(25-2)19(14-10-5-7-12-16(14)24)20-21(27-28-23(20)26-17)15-11-6-8-13-18(15)29-3/h5-8,10-13,19H,4,9H2,1,3H3,(H2,26,27,28). The highest BCUT2D eigenvalue weighted by Gasteiger charge is 2.36. The molecule has 0 spiro atoms. The van der Waals surface area contributed by atoms with Crippen LogP contribution in [0, 0.1) is 6.57 Å². The molecule has 5 nitrogen and oxygen atoms in total. The summed E-state index contributed by atoms with van der Waals surface area (Å²) in [6.45, 7) is 10.0. The van der Waals surface area contributed by atoms with Crippen LogP contribution in [-0.4, -0.2) is 17.3 Å². The molecule has 0 bridgehead atoms. The third kappa shape index (κ3) is 3.26. The minimum absolute atomic E-state index is 0.308. The van der Waals surface area contributed by atoms with Gasteiger partial charge in [0, 0.05) is 21.8 Å². The van der Waals surface area contributed by atoms with Gasteiger partial charge in [-0.05, 0) is 30.2 Å². The van der Waals surface area contributed by atoms with Crippen molar-refractivity contribution in [1.29, 1.82) is 0 Å². The Bertz CT molecular complexity index is 1130. The fraction of sp³-hybridized carbons (Fsp3) is 0.217. The van der Waals surface area contributed by atoms with Crippen LogP contribution >= 0.6 is 11.6 Å². The lowest BCUT2D eigenvalue weighted by Crippen LogP contribution is -2.18. The number of rotatable bonds is 5. The first-order chi connectivity index (χ1) is 14.2. The Morgan fingerprint density at radius 1 is 1.17 bits per heavy atom. The summed E-state index contributed by atoms with van der Waals surface area (Å²) in [6.07, 6.45) is 1.70. The first-order valence-electron chi connectivity index (χ1n) is 9.53. The van der Waals surface area contributed by atoms with E-state index in [1.807, 2.05) is 48.5 Å². The zero-order chi connectivity index (χ0) is 20.4. The lowest BCUT2D eigenvalue weighted by Gasteiger charge is -2.27. The molecule has 4 rings (SSSR count). The molecule has 29 heavy (non-hydrogen) atoms. The Kier molecular flexibility index (Phi) is 5.28. The molecule has 2 N–H and O–H groups in total. The molecular weight excluding hydrogens is 384 g/mol. The van der Waals surface area contributed by atoms with Gasteiger partial charge in [0.1, 0.15) is 5.75 Å². The van der Waals surface area contributed by atoms with Crippen molar-refractivity contribution in [3.05, 3.63) is 87.5 Å². The largest absolute Gasteiger partial charge is 0.496 e. The van der Waals surface area contributed by atoms with Gasteiger partial charge in [0.05, 0.1) is 25.3 Å². The molecule has 0 radical (unpaired) electrons. The summed E-state index contributed by atoms with van der Waals surface area (Å²) in [5, 5.41) is 11.7. The van der Waals surface area contributed by atoms with Crippen LogP contribution in [-0.2, 0) is 0 Å². The molecule has 2 heterocycles. The van der Waals surface area contributed by atoms with Gasteiger partial charge in [-0.25, -0.2) is 4.85 Å². The molecular formula is C23H21ClN4O. The van der Waals surface area contributed by atoms with Crippen molar-refractivity contribution < 1.29 is 4.74 Å². The number of nitrogens with one attached hydrogen (secondary N) is 2. The zero-order valence-corrected chi connectivity index (χ0v) is 17.0. The van der Waals surface area contributed by atoms with Gasteiger partial charge < -0.3 is 10.1 Å². The quantitative estimate of drug-likeness (QED) is 0.496. The van der Waals surface area contributed by atoms with Crippen molar-refractivity contribution in [1.82, 2.24) is 10.2 Å². The van der Waals surface area contributed by atoms with Crippen molar-refractivity contribution in [2.75, 3.05) is 12.4 Å². The predicted octanol–water partition coefficient (Wildman–Crippen LogP) is 6.23. The van der Waals surface area contributed by atoms with Crippen LogP contribution in [0.2, 0.25) is 5.02 Å². The van der Waals surface area contributed by atoms with E-state index in [1.165, 1.54) is 0 Å². The monoisotopic (exact) mass is 404 g/mol. The number of benzene rings is 2. The predicted molar refractivity (Wildman–Crippen MR) is 116 cm³/mol. The maximum atomic E-state index is 7.93. The van der Waals surface area contributed by atoms with Crippen LogP contribution in [0.3, 0.4) is 0 Å². The summed E-state index contributed by atoms with van der Waals surface area (Å²) in [7, 11) is 1.65. The third-order valence-electron chi connectivity index (χ3n) is 5.16. The molecule has 0 saturated carbocycles. The Labute approximate surface area is 175 Å². The van der Waals surface area contributed by atoms with Crippen LogP contribution < -0.4 is 10.1 Å². The van der Waals surface area contributed by atoms with Gasteiger partial charge in [-0.3, -0.25) is 5.10 Å². The number of nitrogens with zero attached hydrogens (tertiary/aromatic N) is 2. The first kappa shape index (κ1) is 19.1. The number of anilines is 1. The fourth-order valence-electron chi connectivity index (χ4n) is 3.89. The second-order valence-corrected chi connectivity index (χ2v) is 7.27. The van der Waals surface area contributed by atoms with Gasteiger partial charge in [-0.15, -0.1) is 0 Å². The average Bonchev–Trinajstić information content (AvgIpc) is 3.17. The Morgan fingerprint density at radius 3 is 2.66 bits per heavy atom. The first-order valence-corrected chi connectivity index (χ1v) is 9.91. The summed E-state index contributed by atoms with van der Waals surface area (Å²) in [6, 6.07) is 15.5. The van der Waals surface area contributed by atoms with E-state index in [-0.39, 0.29) is 5.92 Å². The number of hydrogen-bond acceptors (Lipinski definition) is 3. The minimum atomic E-state index is -0.308. The maximum absolute atomic E-state index is 7.93. The van der Waals surface area contributed by atoms with E-state index < -0.39 is 0 Å². The molecule has 0 fully saturated rings. The smallest absolute Gasteiger partial charge is 0.196 e. The van der Waals surface area contributed by atoms with Crippen molar-refractivity contribution in [2.45, 2.75) is 25.7 Å². The Balaban J connectivity index is 1.99. The Hall–Kier alpha value is -3.23. The summed E-state index contributed by atoms with van der Waals surface area (Å²) in [4.78, 5) is 3.94. The topological polar surface area (TPSA) is 54.3 Å². The number of hydrogen-bond donors (Lipinski definition) is 2. The van der Waals surface area contributed by atoms with Gasteiger partial charge in [0.25, 0.3) is 0 Å². The van der Waals surface area contributed by atoms with Crippen LogP contribution in [0.15, 0.2) is 59.9 Å². The fourth-order valence-corrected chi connectivity index (χ4v) is 4.13. The number of fused-ring (bicyclic) bond motifs is 1. The van der Waals surface area contributed by atoms with E-state index in [2.05, 4.69) is 27.3 Å². The van der Waals surface area contributed by atoms with E-state index in [0.717, 1.165) is 52.5 Å². The molecule has 3 aromatic rings. The number of halogens is 1. The number of allylic oxidation sites excluding steroid dienone is 2. The number of aromatic amines is 1. The van der Waals surface area contributed by atoms with Crippen molar-refractivity contribution in [3.63, 3.8) is 0 Å². The van der Waals surface area contributed by atoms with Gasteiger partial charge in [-0.2, -0.15) is 5.10 Å².